The van der Waals surface area contributed by atoms with Crippen molar-refractivity contribution in [2.75, 3.05) is 13.2 Å². The molecule has 0 bridgehead atoms. The van der Waals surface area contributed by atoms with Crippen molar-refractivity contribution in [3.63, 3.8) is 0 Å². The van der Waals surface area contributed by atoms with Crippen LogP contribution in [0.2, 0.25) is 6.04 Å². The van der Waals surface area contributed by atoms with Gasteiger partial charge in [0, 0.05) is 13.2 Å². The van der Waals surface area contributed by atoms with Gasteiger partial charge in [0.15, 0.2) is 9.76 Å². The lowest BCUT2D eigenvalue weighted by Crippen LogP contribution is -2.03. The van der Waals surface area contributed by atoms with E-state index in [0.29, 0.717) is 6.61 Å². The van der Waals surface area contributed by atoms with E-state index in [4.69, 9.17) is 9.16 Å². The first-order chi connectivity index (χ1) is 7.93. The second-order valence-corrected chi connectivity index (χ2v) is 4.98. The minimum atomic E-state index is -0.347. The molecule has 0 amide bonds. The van der Waals surface area contributed by atoms with Crippen molar-refractivity contribution in [3.05, 3.63) is 48.6 Å². The lowest BCUT2D eigenvalue weighted by molar-refractivity contribution is 0.108. The molecule has 0 aliphatic carbocycles. The van der Waals surface area contributed by atoms with Crippen LogP contribution >= 0.6 is 0 Å². The first kappa shape index (κ1) is 13.2. The van der Waals surface area contributed by atoms with Crippen molar-refractivity contribution in [3.8, 4) is 0 Å². The lowest BCUT2D eigenvalue weighted by Gasteiger charge is -2.05. The molecule has 0 radical (unpaired) electrons. The number of ether oxygens (including phenoxy) is 1. The minimum Gasteiger partial charge on any atom is -0.424 e. The molecule has 0 heterocycles. The molecule has 1 aromatic rings. The van der Waals surface area contributed by atoms with Crippen LogP contribution in [0.3, 0.4) is 0 Å². The minimum absolute atomic E-state index is 0.347. The molecular formula is C13H20O2Si. The van der Waals surface area contributed by atoms with Gasteiger partial charge in [-0.1, -0.05) is 36.4 Å². The molecule has 0 aromatic heterocycles. The van der Waals surface area contributed by atoms with Crippen LogP contribution in [0, 0.1) is 0 Å². The van der Waals surface area contributed by atoms with Gasteiger partial charge in [-0.25, -0.2) is 0 Å². The van der Waals surface area contributed by atoms with Crippen molar-refractivity contribution in [1.82, 2.24) is 0 Å². The summed E-state index contributed by atoms with van der Waals surface area (Å²) in [6.45, 7) is 5.97. The van der Waals surface area contributed by atoms with Gasteiger partial charge in [-0.2, -0.15) is 0 Å². The summed E-state index contributed by atoms with van der Waals surface area (Å²) < 4.78 is 11.1. The van der Waals surface area contributed by atoms with Crippen LogP contribution < -0.4 is 0 Å². The predicted octanol–water partition coefficient (Wildman–Crippen LogP) is 2.30. The van der Waals surface area contributed by atoms with Crippen LogP contribution in [0.4, 0.5) is 0 Å². The number of hydrogen-bond donors (Lipinski definition) is 0. The maximum atomic E-state index is 5.54. The molecule has 0 N–H and O–H groups in total. The molecule has 88 valence electrons. The third kappa shape index (κ3) is 6.56. The number of benzene rings is 1. The van der Waals surface area contributed by atoms with Crippen molar-refractivity contribution in [2.45, 2.75) is 19.1 Å². The average molecular weight is 236 g/mol. The molecule has 16 heavy (non-hydrogen) atoms. The predicted molar refractivity (Wildman–Crippen MR) is 70.2 cm³/mol. The Morgan fingerprint density at radius 3 is 2.75 bits per heavy atom. The van der Waals surface area contributed by atoms with Crippen LogP contribution in [-0.4, -0.2) is 23.0 Å². The van der Waals surface area contributed by atoms with E-state index in [0.717, 1.165) is 25.7 Å². The highest BCUT2D eigenvalue weighted by Gasteiger charge is 1.92. The lowest BCUT2D eigenvalue weighted by atomic mass is 10.2. The summed E-state index contributed by atoms with van der Waals surface area (Å²) in [5, 5.41) is 0. The largest absolute Gasteiger partial charge is 0.424 e. The zero-order valence-electron chi connectivity index (χ0n) is 9.73. The zero-order valence-corrected chi connectivity index (χ0v) is 11.1. The zero-order chi connectivity index (χ0) is 11.5. The van der Waals surface area contributed by atoms with E-state index in [2.05, 4.69) is 18.7 Å². The highest BCUT2D eigenvalue weighted by molar-refractivity contribution is 6.27. The smallest absolute Gasteiger partial charge is 0.165 e. The van der Waals surface area contributed by atoms with E-state index >= 15 is 0 Å². The molecule has 3 heteroatoms. The number of hydrogen-bond acceptors (Lipinski definition) is 2. The summed E-state index contributed by atoms with van der Waals surface area (Å²) in [6.07, 6.45) is 2.91. The fourth-order valence-corrected chi connectivity index (χ4v) is 2.04. The Labute approximate surface area is 100 Å². The second kappa shape index (κ2) is 9.33. The Hall–Kier alpha value is -0.903. The van der Waals surface area contributed by atoms with Gasteiger partial charge in [0.05, 0.1) is 6.61 Å². The Morgan fingerprint density at radius 2 is 2.00 bits per heavy atom. The van der Waals surface area contributed by atoms with E-state index < -0.39 is 0 Å². The van der Waals surface area contributed by atoms with Crippen LogP contribution in [0.5, 0.6) is 0 Å². The first-order valence-electron chi connectivity index (χ1n) is 5.74. The topological polar surface area (TPSA) is 18.5 Å². The van der Waals surface area contributed by atoms with Gasteiger partial charge in [0.2, 0.25) is 0 Å². The highest BCUT2D eigenvalue weighted by atomic mass is 28.2. The molecular weight excluding hydrogens is 216 g/mol. The van der Waals surface area contributed by atoms with Gasteiger partial charge >= 0.3 is 0 Å². The van der Waals surface area contributed by atoms with Crippen LogP contribution in [-0.2, 0) is 15.8 Å². The Morgan fingerprint density at radius 1 is 1.19 bits per heavy atom. The monoisotopic (exact) mass is 236 g/mol. The molecule has 0 unspecified atom stereocenters. The molecule has 0 spiro atoms. The summed E-state index contributed by atoms with van der Waals surface area (Å²) in [5.41, 5.74) is 1.23. The van der Waals surface area contributed by atoms with Gasteiger partial charge < -0.3 is 9.16 Å². The molecule has 0 fully saturated rings. The van der Waals surface area contributed by atoms with E-state index in [9.17, 15) is 0 Å². The fraction of sp³-hybridized carbons (Fsp3) is 0.385. The molecule has 0 atom stereocenters. The van der Waals surface area contributed by atoms with E-state index in [-0.39, 0.29) is 9.76 Å². The average Bonchev–Trinajstić information content (AvgIpc) is 2.34. The van der Waals surface area contributed by atoms with E-state index in [1.807, 2.05) is 24.3 Å². The summed E-state index contributed by atoms with van der Waals surface area (Å²) in [4.78, 5) is 0. The van der Waals surface area contributed by atoms with Crippen molar-refractivity contribution in [1.29, 1.82) is 0 Å². The summed E-state index contributed by atoms with van der Waals surface area (Å²) in [7, 11) is -0.347. The second-order valence-electron chi connectivity index (χ2n) is 3.58. The van der Waals surface area contributed by atoms with Gasteiger partial charge in [0.1, 0.15) is 0 Å². The number of allylic oxidation sites excluding steroid dienone is 1. The third-order valence-electron chi connectivity index (χ3n) is 2.16. The molecule has 0 aliphatic heterocycles. The first-order valence-corrected chi connectivity index (χ1v) is 7.31. The van der Waals surface area contributed by atoms with Gasteiger partial charge in [-0.15, -0.1) is 6.58 Å². The van der Waals surface area contributed by atoms with Crippen molar-refractivity contribution >= 4 is 9.76 Å². The number of rotatable bonds is 9. The van der Waals surface area contributed by atoms with Crippen LogP contribution in [0.1, 0.15) is 12.0 Å². The van der Waals surface area contributed by atoms with E-state index in [1.165, 1.54) is 5.56 Å². The van der Waals surface area contributed by atoms with Crippen molar-refractivity contribution < 1.29 is 9.16 Å². The maximum absolute atomic E-state index is 5.54. The SMILES string of the molecule is C=CC[SiH2]OCCCOCc1ccccc1. The molecule has 2 nitrogen and oxygen atoms in total. The third-order valence-corrected chi connectivity index (χ3v) is 3.38. The molecule has 0 saturated heterocycles. The maximum Gasteiger partial charge on any atom is 0.165 e. The Bertz CT molecular complexity index is 275. The van der Waals surface area contributed by atoms with Crippen LogP contribution in [0.15, 0.2) is 43.0 Å². The van der Waals surface area contributed by atoms with Crippen molar-refractivity contribution in [2.24, 2.45) is 0 Å². The molecule has 1 aromatic carbocycles. The molecule has 0 saturated carbocycles. The fourth-order valence-electron chi connectivity index (χ4n) is 1.30. The van der Waals surface area contributed by atoms with Gasteiger partial charge in [-0.05, 0) is 18.0 Å². The van der Waals surface area contributed by atoms with Gasteiger partial charge in [-0.3, -0.25) is 0 Å². The normalized spacial score (nSPS) is 11.0. The summed E-state index contributed by atoms with van der Waals surface area (Å²) in [6, 6.07) is 11.3. The standard InChI is InChI=1S/C13H20O2Si/c1-2-11-16-15-10-6-9-14-12-13-7-4-3-5-8-13/h2-5,7-8H,1,6,9-12,16H2. The Balaban J connectivity index is 1.90. The molecule has 1 rings (SSSR count). The quantitative estimate of drug-likeness (QED) is 0.372. The van der Waals surface area contributed by atoms with Gasteiger partial charge in [0.25, 0.3) is 0 Å². The summed E-state index contributed by atoms with van der Waals surface area (Å²) >= 11 is 0. The highest BCUT2D eigenvalue weighted by Crippen LogP contribution is 2.00. The molecule has 0 aliphatic rings. The van der Waals surface area contributed by atoms with E-state index in [1.54, 1.807) is 0 Å². The summed E-state index contributed by atoms with van der Waals surface area (Å²) in [5.74, 6) is 0. The van der Waals surface area contributed by atoms with Crippen LogP contribution in [0.25, 0.3) is 0 Å². The Kier molecular flexibility index (Phi) is 7.68.